The lowest BCUT2D eigenvalue weighted by Crippen LogP contribution is -2.13. The second-order valence-electron chi connectivity index (χ2n) is 4.22. The van der Waals surface area contributed by atoms with Crippen molar-refractivity contribution in [1.82, 2.24) is 4.98 Å². The van der Waals surface area contributed by atoms with E-state index in [1.807, 2.05) is 0 Å². The lowest BCUT2D eigenvalue weighted by molar-refractivity contribution is 0.299. The number of aliphatic hydroxyl groups is 1. The molecule has 0 amide bonds. The van der Waals surface area contributed by atoms with E-state index in [2.05, 4.69) is 9.71 Å². The number of nitrogens with one attached hydrogen (secondary N) is 1. The number of halogens is 2. The van der Waals surface area contributed by atoms with Gasteiger partial charge in [0.2, 0.25) is 0 Å². The fraction of sp³-hybridized carbons (Fsp3) is 0.154. The van der Waals surface area contributed by atoms with Crippen LogP contribution in [0.3, 0.4) is 0 Å². The van der Waals surface area contributed by atoms with Gasteiger partial charge in [0, 0.05) is 18.5 Å². The summed E-state index contributed by atoms with van der Waals surface area (Å²) in [7, 11) is -3.78. The third-order valence-electron chi connectivity index (χ3n) is 2.69. The first kappa shape index (κ1) is 16.0. The Morgan fingerprint density at radius 2 is 1.86 bits per heavy atom. The number of benzene rings is 1. The van der Waals surface area contributed by atoms with E-state index < -0.39 is 10.0 Å². The quantitative estimate of drug-likeness (QED) is 0.815. The summed E-state index contributed by atoms with van der Waals surface area (Å²) in [6, 6.07) is 7.95. The molecule has 0 aliphatic carbocycles. The normalized spacial score (nSPS) is 11.4. The molecule has 0 unspecified atom stereocenters. The molecule has 0 saturated carbocycles. The number of rotatable bonds is 5. The molecule has 0 radical (unpaired) electrons. The van der Waals surface area contributed by atoms with Gasteiger partial charge in [0.1, 0.15) is 10.0 Å². The van der Waals surface area contributed by atoms with Crippen molar-refractivity contribution in [2.75, 3.05) is 11.3 Å². The molecule has 0 aliphatic heterocycles. The minimum absolute atomic E-state index is 0.0417. The number of anilines is 1. The maximum absolute atomic E-state index is 12.2. The number of nitrogens with zero attached hydrogens (tertiary/aromatic N) is 1. The molecule has 21 heavy (non-hydrogen) atoms. The maximum atomic E-state index is 12.2. The van der Waals surface area contributed by atoms with Gasteiger partial charge in [0.05, 0.1) is 5.02 Å². The molecule has 0 atom stereocenters. The molecular formula is C13H12Cl2N2O3S. The topological polar surface area (TPSA) is 79.3 Å². The van der Waals surface area contributed by atoms with Crippen LogP contribution >= 0.6 is 23.2 Å². The molecule has 112 valence electrons. The molecule has 0 bridgehead atoms. The van der Waals surface area contributed by atoms with Gasteiger partial charge in [0.15, 0.2) is 0 Å². The van der Waals surface area contributed by atoms with Crippen LogP contribution in [0.1, 0.15) is 5.56 Å². The molecular weight excluding hydrogens is 335 g/mol. The SMILES string of the molecule is O=S(=O)(Nc1ccc(CCO)cc1)c1cnc(Cl)c(Cl)c1. The summed E-state index contributed by atoms with van der Waals surface area (Å²) in [6.45, 7) is 0.0417. The van der Waals surface area contributed by atoms with Gasteiger partial charge in [-0.15, -0.1) is 0 Å². The fourth-order valence-electron chi connectivity index (χ4n) is 1.63. The molecule has 1 aromatic carbocycles. The Hall–Kier alpha value is -1.34. The number of sulfonamides is 1. The molecule has 8 heteroatoms. The highest BCUT2D eigenvalue weighted by atomic mass is 35.5. The average Bonchev–Trinajstić information content (AvgIpc) is 2.44. The Labute approximate surface area is 132 Å². The number of pyridine rings is 1. The van der Waals surface area contributed by atoms with Crippen LogP contribution in [0.15, 0.2) is 41.4 Å². The van der Waals surface area contributed by atoms with Gasteiger partial charge in [-0.2, -0.15) is 0 Å². The summed E-state index contributed by atoms with van der Waals surface area (Å²) in [5.41, 5.74) is 1.32. The first-order valence-electron chi connectivity index (χ1n) is 5.96. The van der Waals surface area contributed by atoms with E-state index in [1.54, 1.807) is 24.3 Å². The summed E-state index contributed by atoms with van der Waals surface area (Å²) >= 11 is 11.4. The van der Waals surface area contributed by atoms with E-state index in [9.17, 15) is 8.42 Å². The largest absolute Gasteiger partial charge is 0.396 e. The molecule has 1 heterocycles. The van der Waals surface area contributed by atoms with Gasteiger partial charge < -0.3 is 5.11 Å². The van der Waals surface area contributed by atoms with Crippen molar-refractivity contribution in [2.45, 2.75) is 11.3 Å². The minimum Gasteiger partial charge on any atom is -0.396 e. The van der Waals surface area contributed by atoms with E-state index in [4.69, 9.17) is 28.3 Å². The third-order valence-corrected chi connectivity index (χ3v) is 4.72. The zero-order valence-electron chi connectivity index (χ0n) is 10.8. The first-order valence-corrected chi connectivity index (χ1v) is 8.20. The van der Waals surface area contributed by atoms with E-state index >= 15 is 0 Å². The zero-order chi connectivity index (χ0) is 15.5. The Kier molecular flexibility index (Phi) is 5.05. The van der Waals surface area contributed by atoms with Gasteiger partial charge >= 0.3 is 0 Å². The van der Waals surface area contributed by atoms with Gasteiger partial charge in [-0.3, -0.25) is 4.72 Å². The molecule has 0 saturated heterocycles. The van der Waals surface area contributed by atoms with Crippen LogP contribution in [0, 0.1) is 0 Å². The van der Waals surface area contributed by atoms with Crippen LogP contribution in [-0.2, 0) is 16.4 Å². The lowest BCUT2D eigenvalue weighted by Gasteiger charge is -2.09. The minimum atomic E-state index is -3.78. The number of aromatic nitrogens is 1. The molecule has 2 N–H and O–H groups in total. The van der Waals surface area contributed by atoms with Crippen LogP contribution < -0.4 is 4.72 Å². The van der Waals surface area contributed by atoms with Crippen molar-refractivity contribution in [3.63, 3.8) is 0 Å². The van der Waals surface area contributed by atoms with Crippen molar-refractivity contribution in [1.29, 1.82) is 0 Å². The van der Waals surface area contributed by atoms with Gasteiger partial charge in [-0.05, 0) is 30.2 Å². The van der Waals surface area contributed by atoms with Crippen molar-refractivity contribution in [3.8, 4) is 0 Å². The third kappa shape index (κ3) is 4.07. The molecule has 0 aliphatic rings. The van der Waals surface area contributed by atoms with Crippen molar-refractivity contribution in [2.24, 2.45) is 0 Å². The van der Waals surface area contributed by atoms with Crippen LogP contribution in [-0.4, -0.2) is 25.1 Å². The summed E-state index contributed by atoms with van der Waals surface area (Å²) in [5, 5.41) is 8.94. The molecule has 1 aromatic heterocycles. The average molecular weight is 347 g/mol. The summed E-state index contributed by atoms with van der Waals surface area (Å²) in [5.74, 6) is 0. The Morgan fingerprint density at radius 1 is 1.19 bits per heavy atom. The summed E-state index contributed by atoms with van der Waals surface area (Å²) in [4.78, 5) is 3.64. The highest BCUT2D eigenvalue weighted by Gasteiger charge is 2.16. The van der Waals surface area contributed by atoms with E-state index in [0.717, 1.165) is 11.8 Å². The summed E-state index contributed by atoms with van der Waals surface area (Å²) in [6.07, 6.45) is 1.65. The number of hydrogen-bond donors (Lipinski definition) is 2. The lowest BCUT2D eigenvalue weighted by atomic mass is 10.1. The molecule has 5 nitrogen and oxygen atoms in total. The van der Waals surface area contributed by atoms with Gasteiger partial charge in [0.25, 0.3) is 10.0 Å². The highest BCUT2D eigenvalue weighted by Crippen LogP contribution is 2.23. The molecule has 0 fully saturated rings. The van der Waals surface area contributed by atoms with Crippen LogP contribution in [0.4, 0.5) is 5.69 Å². The van der Waals surface area contributed by atoms with Crippen LogP contribution in [0.5, 0.6) is 0 Å². The monoisotopic (exact) mass is 346 g/mol. The second-order valence-corrected chi connectivity index (χ2v) is 6.67. The van der Waals surface area contributed by atoms with Crippen molar-refractivity contribution < 1.29 is 13.5 Å². The maximum Gasteiger partial charge on any atom is 0.263 e. The van der Waals surface area contributed by atoms with E-state index in [1.165, 1.54) is 6.07 Å². The standard InChI is InChI=1S/C13H12Cl2N2O3S/c14-12-7-11(8-16-13(12)15)21(19,20)17-10-3-1-9(2-4-10)5-6-18/h1-4,7-8,17-18H,5-6H2. The zero-order valence-corrected chi connectivity index (χ0v) is 13.1. The molecule has 2 aromatic rings. The number of aliphatic hydroxyl groups excluding tert-OH is 1. The smallest absolute Gasteiger partial charge is 0.263 e. The Morgan fingerprint density at radius 3 is 2.43 bits per heavy atom. The predicted octanol–water partition coefficient (Wildman–Crippen LogP) is 2.72. The van der Waals surface area contributed by atoms with Crippen molar-refractivity contribution >= 4 is 38.9 Å². The van der Waals surface area contributed by atoms with Crippen LogP contribution in [0.25, 0.3) is 0 Å². The van der Waals surface area contributed by atoms with Crippen molar-refractivity contribution in [3.05, 3.63) is 52.3 Å². The van der Waals surface area contributed by atoms with E-state index in [0.29, 0.717) is 12.1 Å². The van der Waals surface area contributed by atoms with Crippen LogP contribution in [0.2, 0.25) is 10.2 Å². The van der Waals surface area contributed by atoms with E-state index in [-0.39, 0.29) is 21.7 Å². The molecule has 0 spiro atoms. The predicted molar refractivity (Wildman–Crippen MR) is 82.3 cm³/mol. The second kappa shape index (κ2) is 6.62. The molecule has 2 rings (SSSR count). The van der Waals surface area contributed by atoms with Gasteiger partial charge in [-0.1, -0.05) is 35.3 Å². The first-order chi connectivity index (χ1) is 9.92. The fourth-order valence-corrected chi connectivity index (χ4v) is 3.00. The van der Waals surface area contributed by atoms with Gasteiger partial charge in [-0.25, -0.2) is 13.4 Å². The Balaban J connectivity index is 2.22. The summed E-state index contributed by atoms with van der Waals surface area (Å²) < 4.78 is 26.8. The highest BCUT2D eigenvalue weighted by molar-refractivity contribution is 7.92. The Bertz CT molecular complexity index is 734. The number of hydrogen-bond acceptors (Lipinski definition) is 4.